The van der Waals surface area contributed by atoms with Crippen LogP contribution < -0.4 is 5.32 Å². The number of para-hydroxylation sites is 1. The van der Waals surface area contributed by atoms with Gasteiger partial charge in [-0.3, -0.25) is 4.98 Å². The van der Waals surface area contributed by atoms with Crippen molar-refractivity contribution in [1.29, 1.82) is 0 Å². The zero-order valence-corrected chi connectivity index (χ0v) is 11.8. The maximum atomic E-state index is 6.01. The van der Waals surface area contributed by atoms with Gasteiger partial charge in [0.15, 0.2) is 0 Å². The number of fused-ring (bicyclic) bond motifs is 1. The second-order valence-electron chi connectivity index (χ2n) is 4.91. The SMILES string of the molecule is CCNC(c1cc2ccccc2o1)c1ccncc1C. The summed E-state index contributed by atoms with van der Waals surface area (Å²) in [4.78, 5) is 4.17. The summed E-state index contributed by atoms with van der Waals surface area (Å²) in [5, 5.41) is 4.63. The van der Waals surface area contributed by atoms with Crippen LogP contribution in [0, 0.1) is 6.92 Å². The lowest BCUT2D eigenvalue weighted by molar-refractivity contribution is 0.476. The molecule has 3 aromatic rings. The maximum absolute atomic E-state index is 6.01. The predicted octanol–water partition coefficient (Wildman–Crippen LogP) is 3.84. The number of aryl methyl sites for hydroxylation is 1. The Balaban J connectivity index is 2.08. The second kappa shape index (κ2) is 5.47. The Morgan fingerprint density at radius 2 is 2.10 bits per heavy atom. The van der Waals surface area contributed by atoms with Crippen LogP contribution in [-0.2, 0) is 0 Å². The number of aromatic nitrogens is 1. The monoisotopic (exact) mass is 266 g/mol. The molecule has 3 rings (SSSR count). The first-order chi connectivity index (χ1) is 9.79. The van der Waals surface area contributed by atoms with Crippen molar-refractivity contribution in [3.8, 4) is 0 Å². The van der Waals surface area contributed by atoms with Gasteiger partial charge in [0.1, 0.15) is 11.3 Å². The van der Waals surface area contributed by atoms with Gasteiger partial charge in [-0.1, -0.05) is 25.1 Å². The molecule has 1 unspecified atom stereocenters. The Morgan fingerprint density at radius 3 is 2.85 bits per heavy atom. The van der Waals surface area contributed by atoms with E-state index in [2.05, 4.69) is 42.3 Å². The van der Waals surface area contributed by atoms with E-state index < -0.39 is 0 Å². The van der Waals surface area contributed by atoms with Crippen molar-refractivity contribution >= 4 is 11.0 Å². The van der Waals surface area contributed by atoms with Gasteiger partial charge in [0.2, 0.25) is 0 Å². The summed E-state index contributed by atoms with van der Waals surface area (Å²) in [6, 6.07) is 12.3. The fourth-order valence-corrected chi connectivity index (χ4v) is 2.52. The first-order valence-electron chi connectivity index (χ1n) is 6.92. The van der Waals surface area contributed by atoms with Gasteiger partial charge >= 0.3 is 0 Å². The van der Waals surface area contributed by atoms with Crippen molar-refractivity contribution in [2.24, 2.45) is 0 Å². The van der Waals surface area contributed by atoms with Gasteiger partial charge in [-0.25, -0.2) is 0 Å². The molecule has 1 atom stereocenters. The Labute approximate surface area is 118 Å². The van der Waals surface area contributed by atoms with Gasteiger partial charge in [-0.2, -0.15) is 0 Å². The van der Waals surface area contributed by atoms with Crippen LogP contribution in [0.2, 0.25) is 0 Å². The lowest BCUT2D eigenvalue weighted by atomic mass is 10.0. The average molecular weight is 266 g/mol. The minimum absolute atomic E-state index is 0.0652. The molecule has 0 aliphatic carbocycles. The normalized spacial score (nSPS) is 12.7. The molecule has 0 bridgehead atoms. The van der Waals surface area contributed by atoms with Crippen molar-refractivity contribution in [2.75, 3.05) is 6.54 Å². The molecule has 0 aliphatic heterocycles. The van der Waals surface area contributed by atoms with E-state index >= 15 is 0 Å². The number of nitrogens with one attached hydrogen (secondary N) is 1. The Kier molecular flexibility index (Phi) is 3.52. The molecule has 1 aromatic carbocycles. The smallest absolute Gasteiger partial charge is 0.134 e. The van der Waals surface area contributed by atoms with Crippen molar-refractivity contribution in [2.45, 2.75) is 19.9 Å². The molecule has 0 amide bonds. The Morgan fingerprint density at radius 1 is 1.25 bits per heavy atom. The minimum atomic E-state index is 0.0652. The molecule has 0 saturated carbocycles. The minimum Gasteiger partial charge on any atom is -0.459 e. The van der Waals surface area contributed by atoms with Gasteiger partial charge < -0.3 is 9.73 Å². The van der Waals surface area contributed by atoms with Crippen molar-refractivity contribution < 1.29 is 4.42 Å². The van der Waals surface area contributed by atoms with Crippen LogP contribution in [0.5, 0.6) is 0 Å². The van der Waals surface area contributed by atoms with Crippen LogP contribution in [0.4, 0.5) is 0 Å². The molecule has 3 heteroatoms. The third kappa shape index (κ3) is 2.32. The van der Waals surface area contributed by atoms with E-state index in [0.29, 0.717) is 0 Å². The zero-order chi connectivity index (χ0) is 13.9. The largest absolute Gasteiger partial charge is 0.459 e. The summed E-state index contributed by atoms with van der Waals surface area (Å²) in [5.41, 5.74) is 3.30. The van der Waals surface area contributed by atoms with E-state index in [1.807, 2.05) is 30.6 Å². The molecule has 0 saturated heterocycles. The molecule has 0 aliphatic rings. The zero-order valence-electron chi connectivity index (χ0n) is 11.8. The number of nitrogens with zero attached hydrogens (tertiary/aromatic N) is 1. The van der Waals surface area contributed by atoms with E-state index in [-0.39, 0.29) is 6.04 Å². The van der Waals surface area contributed by atoms with E-state index in [9.17, 15) is 0 Å². The van der Waals surface area contributed by atoms with Crippen LogP contribution in [0.25, 0.3) is 11.0 Å². The number of hydrogen-bond donors (Lipinski definition) is 1. The van der Waals surface area contributed by atoms with Crippen LogP contribution in [0.1, 0.15) is 29.9 Å². The topological polar surface area (TPSA) is 38.1 Å². The van der Waals surface area contributed by atoms with E-state index in [1.54, 1.807) is 0 Å². The predicted molar refractivity (Wildman–Crippen MR) is 80.7 cm³/mol. The highest BCUT2D eigenvalue weighted by Crippen LogP contribution is 2.29. The van der Waals surface area contributed by atoms with Crippen LogP contribution in [0.3, 0.4) is 0 Å². The van der Waals surface area contributed by atoms with Gasteiger partial charge in [0, 0.05) is 17.8 Å². The highest BCUT2D eigenvalue weighted by atomic mass is 16.3. The van der Waals surface area contributed by atoms with E-state index in [0.717, 1.165) is 23.3 Å². The number of furan rings is 1. The van der Waals surface area contributed by atoms with E-state index in [4.69, 9.17) is 4.42 Å². The van der Waals surface area contributed by atoms with Crippen molar-refractivity contribution in [1.82, 2.24) is 10.3 Å². The molecule has 20 heavy (non-hydrogen) atoms. The summed E-state index contributed by atoms with van der Waals surface area (Å²) in [5.74, 6) is 0.947. The average Bonchev–Trinajstić information content (AvgIpc) is 2.89. The Bertz CT molecular complexity index is 685. The van der Waals surface area contributed by atoms with Gasteiger partial charge in [-0.05, 0) is 42.8 Å². The molecule has 1 N–H and O–H groups in total. The lowest BCUT2D eigenvalue weighted by Gasteiger charge is -2.17. The molecule has 3 nitrogen and oxygen atoms in total. The fourth-order valence-electron chi connectivity index (χ4n) is 2.52. The van der Waals surface area contributed by atoms with Gasteiger partial charge in [0.25, 0.3) is 0 Å². The number of rotatable bonds is 4. The molecule has 2 heterocycles. The van der Waals surface area contributed by atoms with Crippen molar-refractivity contribution in [3.05, 3.63) is 65.7 Å². The summed E-state index contributed by atoms with van der Waals surface area (Å²) < 4.78 is 6.01. The maximum Gasteiger partial charge on any atom is 0.134 e. The highest BCUT2D eigenvalue weighted by molar-refractivity contribution is 5.78. The Hall–Kier alpha value is -2.13. The molecule has 0 radical (unpaired) electrons. The molecular weight excluding hydrogens is 248 g/mol. The quantitative estimate of drug-likeness (QED) is 0.779. The first kappa shape index (κ1) is 12.9. The third-order valence-corrected chi connectivity index (χ3v) is 3.51. The summed E-state index contributed by atoms with van der Waals surface area (Å²) in [7, 11) is 0. The second-order valence-corrected chi connectivity index (χ2v) is 4.91. The molecule has 2 aromatic heterocycles. The molecule has 0 fully saturated rings. The van der Waals surface area contributed by atoms with Crippen molar-refractivity contribution in [3.63, 3.8) is 0 Å². The number of pyridine rings is 1. The summed E-state index contributed by atoms with van der Waals surface area (Å²) in [6.45, 7) is 5.06. The highest BCUT2D eigenvalue weighted by Gasteiger charge is 2.19. The summed E-state index contributed by atoms with van der Waals surface area (Å²) >= 11 is 0. The third-order valence-electron chi connectivity index (χ3n) is 3.51. The number of hydrogen-bond acceptors (Lipinski definition) is 3. The summed E-state index contributed by atoms with van der Waals surface area (Å²) in [6.07, 6.45) is 3.72. The van der Waals surface area contributed by atoms with E-state index in [1.165, 1.54) is 11.1 Å². The van der Waals surface area contributed by atoms with Gasteiger partial charge in [0.05, 0.1) is 6.04 Å². The molecule has 102 valence electrons. The molecule has 0 spiro atoms. The first-order valence-corrected chi connectivity index (χ1v) is 6.92. The molecular formula is C17H18N2O. The number of benzene rings is 1. The van der Waals surface area contributed by atoms with Crippen LogP contribution in [0.15, 0.2) is 53.2 Å². The van der Waals surface area contributed by atoms with Crippen LogP contribution >= 0.6 is 0 Å². The standard InChI is InChI=1S/C17H18N2O/c1-3-19-17(14-8-9-18-11-12(14)2)16-10-13-6-4-5-7-15(13)20-16/h4-11,17,19H,3H2,1-2H3. The van der Waals surface area contributed by atoms with Gasteiger partial charge in [-0.15, -0.1) is 0 Å². The lowest BCUT2D eigenvalue weighted by Crippen LogP contribution is -2.22. The fraction of sp³-hybridized carbons (Fsp3) is 0.235. The van der Waals surface area contributed by atoms with Crippen LogP contribution in [-0.4, -0.2) is 11.5 Å².